The number of carbonyl (C=O) groups excluding carboxylic acids is 2. The number of nitrogens with zero attached hydrogens (tertiary/aromatic N) is 2. The highest BCUT2D eigenvalue weighted by molar-refractivity contribution is 6.38. The van der Waals surface area contributed by atoms with Gasteiger partial charge in [-0.25, -0.2) is 0 Å². The Labute approximate surface area is 204 Å². The number of anilines is 2. The number of amides is 1. The minimum atomic E-state index is -1.16. The van der Waals surface area contributed by atoms with Crippen LogP contribution in [0.4, 0.5) is 11.4 Å². The number of ether oxygens (including phenoxy) is 3. The van der Waals surface area contributed by atoms with E-state index in [1.54, 1.807) is 34.3 Å². The molecule has 2 aromatic carbocycles. The van der Waals surface area contributed by atoms with Gasteiger partial charge in [0.2, 0.25) is 5.91 Å². The Hall–Kier alpha value is -3.85. The van der Waals surface area contributed by atoms with Crippen LogP contribution in [0.2, 0.25) is 0 Å². The number of carbonyl (C=O) groups is 2. The van der Waals surface area contributed by atoms with Gasteiger partial charge < -0.3 is 29.7 Å². The first-order chi connectivity index (χ1) is 16.9. The third-order valence-electron chi connectivity index (χ3n) is 6.33. The first-order valence-corrected chi connectivity index (χ1v) is 11.2. The van der Waals surface area contributed by atoms with E-state index in [0.29, 0.717) is 35.0 Å². The number of methoxy groups -OCH3 is 3. The van der Waals surface area contributed by atoms with Gasteiger partial charge in [-0.3, -0.25) is 14.6 Å². The molecule has 35 heavy (non-hydrogen) atoms. The van der Waals surface area contributed by atoms with Gasteiger partial charge in [0.15, 0.2) is 5.78 Å². The Bertz CT molecular complexity index is 1170. The van der Waals surface area contributed by atoms with Crippen LogP contribution in [0, 0.1) is 0 Å². The molecule has 0 spiro atoms. The van der Waals surface area contributed by atoms with Crippen molar-refractivity contribution in [2.75, 3.05) is 51.7 Å². The van der Waals surface area contributed by atoms with E-state index in [0.717, 1.165) is 16.9 Å². The number of amidine groups is 1. The normalized spacial score (nSPS) is 22.3. The van der Waals surface area contributed by atoms with Gasteiger partial charge >= 0.3 is 0 Å². The number of hydrogen-bond acceptors (Lipinski definition) is 7. The van der Waals surface area contributed by atoms with Gasteiger partial charge in [-0.2, -0.15) is 0 Å². The Balaban J connectivity index is 1.85. The smallest absolute Gasteiger partial charge is 0.246 e. The third-order valence-corrected chi connectivity index (χ3v) is 6.33. The largest absolute Gasteiger partial charge is 0.497 e. The molecule has 0 saturated carbocycles. The molecule has 0 radical (unpaired) electrons. The van der Waals surface area contributed by atoms with Crippen LogP contribution in [-0.4, -0.2) is 64.6 Å². The maximum Gasteiger partial charge on any atom is 0.246 e. The molecule has 9 heteroatoms. The fourth-order valence-corrected chi connectivity index (χ4v) is 4.59. The summed E-state index contributed by atoms with van der Waals surface area (Å²) < 4.78 is 15.9. The topological polar surface area (TPSA) is 101 Å². The van der Waals surface area contributed by atoms with Gasteiger partial charge in [-0.05, 0) is 18.6 Å². The van der Waals surface area contributed by atoms with Crippen LogP contribution in [0.1, 0.15) is 12.5 Å². The van der Waals surface area contributed by atoms with Crippen molar-refractivity contribution in [2.24, 2.45) is 4.99 Å². The lowest BCUT2D eigenvalue weighted by Crippen LogP contribution is -2.55. The van der Waals surface area contributed by atoms with Crippen molar-refractivity contribution in [1.82, 2.24) is 5.32 Å². The van der Waals surface area contributed by atoms with Crippen LogP contribution in [0.3, 0.4) is 0 Å². The van der Waals surface area contributed by atoms with Crippen molar-refractivity contribution in [2.45, 2.75) is 18.9 Å². The molecule has 2 heterocycles. The Kier molecular flexibility index (Phi) is 6.79. The Morgan fingerprint density at radius 1 is 1.14 bits per heavy atom. The van der Waals surface area contributed by atoms with Gasteiger partial charge in [0.25, 0.3) is 0 Å². The number of fused-ring (bicyclic) bond motifs is 1. The average Bonchev–Trinajstić information content (AvgIpc) is 3.39. The lowest BCUT2D eigenvalue weighted by atomic mass is 9.93. The summed E-state index contributed by atoms with van der Waals surface area (Å²) >= 11 is 0. The van der Waals surface area contributed by atoms with Crippen LogP contribution >= 0.6 is 0 Å². The second-order valence-corrected chi connectivity index (χ2v) is 8.58. The second-order valence-electron chi connectivity index (χ2n) is 8.58. The van der Waals surface area contributed by atoms with Gasteiger partial charge in [-0.15, -0.1) is 0 Å². The molecule has 2 aromatic rings. The SMILES string of the molecule is CN=C1C(=C2Cc3ccccc3N2)C(=O)C(C)(CNC(=O)COC)N1c1cc(OC)cc(OC)c1. The molecular formula is C26H30N4O5. The lowest BCUT2D eigenvalue weighted by molar-refractivity contribution is -0.125. The van der Waals surface area contributed by atoms with Gasteiger partial charge in [-0.1, -0.05) is 18.2 Å². The highest BCUT2D eigenvalue weighted by Crippen LogP contribution is 2.42. The van der Waals surface area contributed by atoms with E-state index in [4.69, 9.17) is 14.2 Å². The molecule has 2 aliphatic heterocycles. The number of Topliss-reactive ketones (excluding diaryl/α,β-unsaturated/α-hetero) is 1. The summed E-state index contributed by atoms with van der Waals surface area (Å²) in [5, 5.41) is 6.25. The van der Waals surface area contributed by atoms with E-state index in [1.807, 2.05) is 41.3 Å². The monoisotopic (exact) mass is 478 g/mol. The molecule has 2 N–H and O–H groups in total. The second kappa shape index (κ2) is 9.79. The summed E-state index contributed by atoms with van der Waals surface area (Å²) in [6.45, 7) is 1.75. The molecule has 1 atom stereocenters. The zero-order valence-electron chi connectivity index (χ0n) is 20.6. The van der Waals surface area contributed by atoms with Crippen LogP contribution in [0.5, 0.6) is 11.5 Å². The predicted octanol–water partition coefficient (Wildman–Crippen LogP) is 2.56. The summed E-state index contributed by atoms with van der Waals surface area (Å²) in [4.78, 5) is 32.8. The Morgan fingerprint density at radius 3 is 2.43 bits per heavy atom. The number of allylic oxidation sites excluding steroid dienone is 1. The molecule has 2 aliphatic rings. The molecule has 1 fully saturated rings. The van der Waals surface area contributed by atoms with Crippen molar-refractivity contribution in [3.05, 3.63) is 59.3 Å². The number of benzene rings is 2. The quantitative estimate of drug-likeness (QED) is 0.590. The molecule has 1 amide bonds. The number of hydrogen-bond donors (Lipinski definition) is 2. The first-order valence-electron chi connectivity index (χ1n) is 11.2. The molecule has 9 nitrogen and oxygen atoms in total. The molecule has 1 unspecified atom stereocenters. The van der Waals surface area contributed by atoms with Crippen LogP contribution in [0.25, 0.3) is 0 Å². The zero-order valence-corrected chi connectivity index (χ0v) is 20.6. The van der Waals surface area contributed by atoms with Crippen molar-refractivity contribution in [3.63, 3.8) is 0 Å². The van der Waals surface area contributed by atoms with Crippen molar-refractivity contribution < 1.29 is 23.8 Å². The van der Waals surface area contributed by atoms with Gasteiger partial charge in [0.1, 0.15) is 29.5 Å². The summed E-state index contributed by atoms with van der Waals surface area (Å²) in [6.07, 6.45) is 0.581. The molecule has 0 aromatic heterocycles. The first kappa shape index (κ1) is 24.3. The van der Waals surface area contributed by atoms with Crippen LogP contribution in [-0.2, 0) is 20.7 Å². The average molecular weight is 479 g/mol. The summed E-state index contributed by atoms with van der Waals surface area (Å²) in [6, 6.07) is 13.4. The van der Waals surface area contributed by atoms with E-state index < -0.39 is 5.54 Å². The molecule has 4 rings (SSSR count). The van der Waals surface area contributed by atoms with E-state index in [2.05, 4.69) is 15.6 Å². The van der Waals surface area contributed by atoms with E-state index in [9.17, 15) is 9.59 Å². The number of rotatable bonds is 7. The number of para-hydroxylation sites is 1. The molecule has 184 valence electrons. The Morgan fingerprint density at radius 2 is 1.83 bits per heavy atom. The fraction of sp³-hybridized carbons (Fsp3) is 0.346. The molecular weight excluding hydrogens is 448 g/mol. The summed E-state index contributed by atoms with van der Waals surface area (Å²) in [5.74, 6) is 1.19. The van der Waals surface area contributed by atoms with E-state index in [1.165, 1.54) is 7.11 Å². The predicted molar refractivity (Wildman–Crippen MR) is 134 cm³/mol. The van der Waals surface area contributed by atoms with Crippen molar-refractivity contribution >= 4 is 28.9 Å². The minimum absolute atomic E-state index is 0.0519. The zero-order chi connectivity index (χ0) is 25.2. The minimum Gasteiger partial charge on any atom is -0.497 e. The maximum absolute atomic E-state index is 14.1. The molecule has 0 aliphatic carbocycles. The maximum atomic E-state index is 14.1. The van der Waals surface area contributed by atoms with Crippen LogP contribution < -0.4 is 25.0 Å². The van der Waals surface area contributed by atoms with E-state index in [-0.39, 0.29) is 24.8 Å². The van der Waals surface area contributed by atoms with Crippen LogP contribution in [0.15, 0.2) is 58.7 Å². The van der Waals surface area contributed by atoms with Gasteiger partial charge in [0.05, 0.1) is 25.5 Å². The van der Waals surface area contributed by atoms with Gasteiger partial charge in [0, 0.05) is 56.7 Å². The standard InChI is InChI=1S/C26H30N4O5/c1-26(15-28-22(31)14-33-3)24(32)23(21-10-16-8-6-7-9-20(16)29-21)25(27-2)30(26)17-11-18(34-4)13-19(12-17)35-5/h6-9,11-13,29H,10,14-15H2,1-5H3,(H,28,31). The molecule has 1 saturated heterocycles. The summed E-state index contributed by atoms with van der Waals surface area (Å²) in [5.41, 5.74) is 2.85. The van der Waals surface area contributed by atoms with Crippen molar-refractivity contribution in [1.29, 1.82) is 0 Å². The highest BCUT2D eigenvalue weighted by Gasteiger charge is 2.53. The number of nitrogens with one attached hydrogen (secondary N) is 2. The number of ketones is 1. The summed E-state index contributed by atoms with van der Waals surface area (Å²) in [7, 11) is 6.25. The fourth-order valence-electron chi connectivity index (χ4n) is 4.59. The third kappa shape index (κ3) is 4.35. The van der Waals surface area contributed by atoms with Crippen molar-refractivity contribution in [3.8, 4) is 11.5 Å². The molecule has 0 bridgehead atoms. The van der Waals surface area contributed by atoms with E-state index >= 15 is 0 Å². The lowest BCUT2D eigenvalue weighted by Gasteiger charge is -2.35. The number of aliphatic imine (C=N–C) groups is 1. The highest BCUT2D eigenvalue weighted by atomic mass is 16.5.